The minimum atomic E-state index is 0.0942. The highest BCUT2D eigenvalue weighted by Crippen LogP contribution is 2.23. The lowest BCUT2D eigenvalue weighted by atomic mass is 9.96. The van der Waals surface area contributed by atoms with Crippen molar-refractivity contribution in [2.75, 3.05) is 63.8 Å². The van der Waals surface area contributed by atoms with Gasteiger partial charge in [0.25, 0.3) is 0 Å². The number of anilines is 1. The first-order chi connectivity index (χ1) is 15.2. The van der Waals surface area contributed by atoms with Crippen LogP contribution >= 0.6 is 0 Å². The van der Waals surface area contributed by atoms with Crippen LogP contribution in [0.25, 0.3) is 11.1 Å². The van der Waals surface area contributed by atoms with Crippen molar-refractivity contribution in [3.63, 3.8) is 0 Å². The number of likely N-dealkylation sites (N-methyl/N-ethyl adjacent to an activating group) is 1. The minimum Gasteiger partial charge on any atom is -0.355 e. The van der Waals surface area contributed by atoms with Gasteiger partial charge in [0.2, 0.25) is 11.9 Å². The SMILES string of the molecule is CCN1CCN(CCNC(=O)C2CCN(c3ncc(-c4ccccc4)cn3)CC2)CC1. The molecule has 0 aliphatic carbocycles. The van der Waals surface area contributed by atoms with E-state index in [-0.39, 0.29) is 11.8 Å². The predicted octanol–water partition coefficient (Wildman–Crippen LogP) is 2.11. The van der Waals surface area contributed by atoms with Crippen molar-refractivity contribution in [1.82, 2.24) is 25.1 Å². The lowest BCUT2D eigenvalue weighted by Crippen LogP contribution is -2.49. The molecule has 0 spiro atoms. The number of hydrogen-bond donors (Lipinski definition) is 1. The Hall–Kier alpha value is -2.51. The quantitative estimate of drug-likeness (QED) is 0.737. The van der Waals surface area contributed by atoms with Gasteiger partial charge in [0, 0.05) is 76.2 Å². The maximum Gasteiger partial charge on any atom is 0.225 e. The summed E-state index contributed by atoms with van der Waals surface area (Å²) in [4.78, 5) is 28.8. The number of nitrogens with one attached hydrogen (secondary N) is 1. The summed E-state index contributed by atoms with van der Waals surface area (Å²) in [5, 5.41) is 3.16. The average molecular weight is 423 g/mol. The number of carbonyl (C=O) groups is 1. The lowest BCUT2D eigenvalue weighted by Gasteiger charge is -2.34. The highest BCUT2D eigenvalue weighted by atomic mass is 16.1. The average Bonchev–Trinajstić information content (AvgIpc) is 2.85. The largest absolute Gasteiger partial charge is 0.355 e. The van der Waals surface area contributed by atoms with Crippen molar-refractivity contribution in [2.45, 2.75) is 19.8 Å². The maximum absolute atomic E-state index is 12.6. The van der Waals surface area contributed by atoms with E-state index in [0.29, 0.717) is 0 Å². The van der Waals surface area contributed by atoms with E-state index in [1.165, 1.54) is 0 Å². The first-order valence-corrected chi connectivity index (χ1v) is 11.6. The Morgan fingerprint density at radius 2 is 1.58 bits per heavy atom. The van der Waals surface area contributed by atoms with Crippen molar-refractivity contribution in [3.05, 3.63) is 42.7 Å². The van der Waals surface area contributed by atoms with E-state index in [1.54, 1.807) is 0 Å². The molecule has 2 aliphatic heterocycles. The molecule has 0 radical (unpaired) electrons. The number of nitrogens with zero attached hydrogens (tertiary/aromatic N) is 5. The Kier molecular flexibility index (Phi) is 7.48. The second-order valence-corrected chi connectivity index (χ2v) is 8.47. The summed E-state index contributed by atoms with van der Waals surface area (Å²) in [6.45, 7) is 11.2. The van der Waals surface area contributed by atoms with E-state index >= 15 is 0 Å². The Bertz CT molecular complexity index is 812. The highest BCUT2D eigenvalue weighted by molar-refractivity contribution is 5.78. The van der Waals surface area contributed by atoms with E-state index < -0.39 is 0 Å². The Morgan fingerprint density at radius 1 is 0.935 bits per heavy atom. The molecule has 3 heterocycles. The Labute approximate surface area is 185 Å². The summed E-state index contributed by atoms with van der Waals surface area (Å²) in [7, 11) is 0. The standard InChI is InChI=1S/C24H34N6O/c1-2-28-14-16-29(17-15-28)13-10-25-23(31)21-8-11-30(12-9-21)24-26-18-22(19-27-24)20-6-4-3-5-7-20/h3-7,18-19,21H,2,8-17H2,1H3,(H,25,31). The Balaban J connectivity index is 1.18. The molecule has 7 heteroatoms. The normalized spacial score (nSPS) is 18.8. The fourth-order valence-corrected chi connectivity index (χ4v) is 4.42. The van der Waals surface area contributed by atoms with Crippen molar-refractivity contribution < 1.29 is 4.79 Å². The molecule has 2 fully saturated rings. The van der Waals surface area contributed by atoms with Crippen molar-refractivity contribution in [3.8, 4) is 11.1 Å². The molecule has 166 valence electrons. The molecule has 0 saturated carbocycles. The van der Waals surface area contributed by atoms with E-state index in [1.807, 2.05) is 30.6 Å². The van der Waals surface area contributed by atoms with Gasteiger partial charge in [-0.2, -0.15) is 0 Å². The van der Waals surface area contributed by atoms with Crippen LogP contribution in [0.3, 0.4) is 0 Å². The summed E-state index contributed by atoms with van der Waals surface area (Å²) in [5.74, 6) is 1.05. The van der Waals surface area contributed by atoms with Crippen LogP contribution in [0.5, 0.6) is 0 Å². The fraction of sp³-hybridized carbons (Fsp3) is 0.542. The molecule has 7 nitrogen and oxygen atoms in total. The third-order valence-electron chi connectivity index (χ3n) is 6.53. The lowest BCUT2D eigenvalue weighted by molar-refractivity contribution is -0.125. The molecule has 1 amide bonds. The number of rotatable bonds is 7. The van der Waals surface area contributed by atoms with Gasteiger partial charge in [0.15, 0.2) is 0 Å². The van der Waals surface area contributed by atoms with Crippen LogP contribution in [0.2, 0.25) is 0 Å². The number of hydrogen-bond acceptors (Lipinski definition) is 6. The topological polar surface area (TPSA) is 64.6 Å². The molecule has 1 aromatic heterocycles. The smallest absolute Gasteiger partial charge is 0.225 e. The molecule has 2 saturated heterocycles. The van der Waals surface area contributed by atoms with Crippen LogP contribution in [-0.2, 0) is 4.79 Å². The molecule has 1 aromatic carbocycles. The van der Waals surface area contributed by atoms with E-state index in [2.05, 4.69) is 49.0 Å². The molecule has 31 heavy (non-hydrogen) atoms. The zero-order valence-corrected chi connectivity index (χ0v) is 18.5. The first kappa shape index (κ1) is 21.7. The summed E-state index contributed by atoms with van der Waals surface area (Å²) >= 11 is 0. The zero-order chi connectivity index (χ0) is 21.5. The van der Waals surface area contributed by atoms with Crippen molar-refractivity contribution in [1.29, 1.82) is 0 Å². The number of carbonyl (C=O) groups excluding carboxylic acids is 1. The number of benzene rings is 1. The molecular weight excluding hydrogens is 388 g/mol. The monoisotopic (exact) mass is 422 g/mol. The van der Waals surface area contributed by atoms with Crippen LogP contribution in [0.4, 0.5) is 5.95 Å². The van der Waals surface area contributed by atoms with Gasteiger partial charge in [-0.05, 0) is 24.9 Å². The predicted molar refractivity (Wildman–Crippen MR) is 124 cm³/mol. The number of aromatic nitrogens is 2. The van der Waals surface area contributed by atoms with Gasteiger partial charge in [-0.3, -0.25) is 9.69 Å². The summed E-state index contributed by atoms with van der Waals surface area (Å²) in [6.07, 6.45) is 5.48. The van der Waals surface area contributed by atoms with E-state index in [9.17, 15) is 4.79 Å². The maximum atomic E-state index is 12.6. The van der Waals surface area contributed by atoms with Crippen LogP contribution < -0.4 is 10.2 Å². The van der Waals surface area contributed by atoms with Gasteiger partial charge in [-0.25, -0.2) is 9.97 Å². The van der Waals surface area contributed by atoms with Gasteiger partial charge >= 0.3 is 0 Å². The number of piperidine rings is 1. The number of piperazine rings is 1. The summed E-state index contributed by atoms with van der Waals surface area (Å²) in [6, 6.07) is 10.2. The van der Waals surface area contributed by atoms with Crippen molar-refractivity contribution in [2.24, 2.45) is 5.92 Å². The minimum absolute atomic E-state index is 0.0942. The van der Waals surface area contributed by atoms with Gasteiger partial charge in [-0.1, -0.05) is 37.3 Å². The van der Waals surface area contributed by atoms with Crippen LogP contribution in [0.1, 0.15) is 19.8 Å². The second kappa shape index (κ2) is 10.7. The second-order valence-electron chi connectivity index (χ2n) is 8.47. The summed E-state index contributed by atoms with van der Waals surface area (Å²) in [5.41, 5.74) is 2.14. The molecule has 2 aliphatic rings. The molecule has 2 aromatic rings. The molecule has 1 N–H and O–H groups in total. The number of amides is 1. The third-order valence-corrected chi connectivity index (χ3v) is 6.53. The van der Waals surface area contributed by atoms with Crippen LogP contribution in [0, 0.1) is 5.92 Å². The molecule has 0 bridgehead atoms. The van der Waals surface area contributed by atoms with Crippen molar-refractivity contribution >= 4 is 11.9 Å². The molecule has 0 atom stereocenters. The summed E-state index contributed by atoms with van der Waals surface area (Å²) < 4.78 is 0. The van der Waals surface area contributed by atoms with Gasteiger partial charge in [0.05, 0.1) is 0 Å². The van der Waals surface area contributed by atoms with Gasteiger partial charge < -0.3 is 15.1 Å². The van der Waals surface area contributed by atoms with E-state index in [0.717, 1.165) is 88.8 Å². The van der Waals surface area contributed by atoms with Gasteiger partial charge in [-0.15, -0.1) is 0 Å². The molecular formula is C24H34N6O. The third kappa shape index (κ3) is 5.80. The zero-order valence-electron chi connectivity index (χ0n) is 18.5. The first-order valence-electron chi connectivity index (χ1n) is 11.6. The highest BCUT2D eigenvalue weighted by Gasteiger charge is 2.26. The fourth-order valence-electron chi connectivity index (χ4n) is 4.42. The van der Waals surface area contributed by atoms with E-state index in [4.69, 9.17) is 0 Å². The molecule has 0 unspecified atom stereocenters. The molecule has 4 rings (SSSR count). The van der Waals surface area contributed by atoms with Gasteiger partial charge in [0.1, 0.15) is 0 Å². The Morgan fingerprint density at radius 3 is 2.23 bits per heavy atom. The van der Waals surface area contributed by atoms with Crippen LogP contribution in [-0.4, -0.2) is 84.6 Å². The van der Waals surface area contributed by atoms with Crippen LogP contribution in [0.15, 0.2) is 42.7 Å².